The molecule has 0 saturated heterocycles. The number of para-hydroxylation sites is 1. The lowest BCUT2D eigenvalue weighted by Gasteiger charge is -2.21. The molecule has 0 radical (unpaired) electrons. The molecule has 0 aliphatic heterocycles. The molecule has 41 heavy (non-hydrogen) atoms. The Morgan fingerprint density at radius 2 is 1.44 bits per heavy atom. The summed E-state index contributed by atoms with van der Waals surface area (Å²) in [5.41, 5.74) is 0.491. The van der Waals surface area contributed by atoms with Gasteiger partial charge in [0.2, 0.25) is 15.7 Å². The van der Waals surface area contributed by atoms with Crippen molar-refractivity contribution in [3.63, 3.8) is 0 Å². The van der Waals surface area contributed by atoms with E-state index >= 15 is 0 Å². The molecule has 0 fully saturated rings. The van der Waals surface area contributed by atoms with E-state index in [4.69, 9.17) is 9.47 Å². The van der Waals surface area contributed by atoms with Gasteiger partial charge in [0.1, 0.15) is 23.0 Å². The predicted octanol–water partition coefficient (Wildman–Crippen LogP) is 5.03. The third-order valence-corrected chi connectivity index (χ3v) is 8.62. The molecule has 10 heteroatoms. The predicted molar refractivity (Wildman–Crippen MR) is 156 cm³/mol. The lowest BCUT2D eigenvalue weighted by molar-refractivity contribution is 0.0786. The monoisotopic (exact) mass is 578 g/mol. The highest BCUT2D eigenvalue weighted by molar-refractivity contribution is 7.91. The lowest BCUT2D eigenvalue weighted by Crippen LogP contribution is -2.25. The zero-order chi connectivity index (χ0) is 29.9. The maximum Gasteiger partial charge on any atom is 0.296 e. The first-order valence-corrected chi connectivity index (χ1v) is 14.7. The molecular weight excluding hydrogens is 544 g/mol. The molecule has 4 aromatic rings. The van der Waals surface area contributed by atoms with Gasteiger partial charge in [-0.2, -0.15) is 4.98 Å². The van der Waals surface area contributed by atoms with Crippen molar-refractivity contribution < 1.29 is 28.1 Å². The first-order valence-electron chi connectivity index (χ1n) is 13.2. The topological polar surface area (TPSA) is 128 Å². The number of methoxy groups -OCH3 is 2. The SMILES string of the molecule is CCCCc1nc(=O)c(S(=O)(=O)c2ccc(-c3ccc(C(C)(C)O)cc3)cc2)c(O)n1-c1c(OC)cccc1OC. The Morgan fingerprint density at radius 3 is 1.93 bits per heavy atom. The summed E-state index contributed by atoms with van der Waals surface area (Å²) >= 11 is 0. The molecule has 0 aliphatic rings. The maximum absolute atomic E-state index is 13.8. The lowest BCUT2D eigenvalue weighted by atomic mass is 9.95. The summed E-state index contributed by atoms with van der Waals surface area (Å²) in [4.78, 5) is 16.3. The second-order valence-corrected chi connectivity index (χ2v) is 12.0. The van der Waals surface area contributed by atoms with Gasteiger partial charge >= 0.3 is 0 Å². The van der Waals surface area contributed by atoms with Crippen LogP contribution in [0.25, 0.3) is 16.8 Å². The quantitative estimate of drug-likeness (QED) is 0.268. The number of ether oxygens (including phenoxy) is 2. The molecule has 3 aromatic carbocycles. The van der Waals surface area contributed by atoms with Crippen molar-refractivity contribution >= 4 is 9.84 Å². The van der Waals surface area contributed by atoms with Gasteiger partial charge in [-0.25, -0.2) is 8.42 Å². The van der Waals surface area contributed by atoms with Crippen molar-refractivity contribution in [2.75, 3.05) is 14.2 Å². The van der Waals surface area contributed by atoms with Crippen LogP contribution in [0.1, 0.15) is 45.0 Å². The number of aromatic hydroxyl groups is 1. The van der Waals surface area contributed by atoms with Gasteiger partial charge in [0.25, 0.3) is 5.56 Å². The Kier molecular flexibility index (Phi) is 8.55. The maximum atomic E-state index is 13.8. The van der Waals surface area contributed by atoms with Crippen LogP contribution in [-0.4, -0.2) is 42.4 Å². The summed E-state index contributed by atoms with van der Waals surface area (Å²) < 4.78 is 39.8. The van der Waals surface area contributed by atoms with E-state index in [1.807, 2.05) is 19.1 Å². The number of hydrogen-bond donors (Lipinski definition) is 2. The fourth-order valence-corrected chi connectivity index (χ4v) is 5.91. The number of aryl methyl sites for hydroxylation is 1. The first-order chi connectivity index (χ1) is 19.4. The van der Waals surface area contributed by atoms with Crippen LogP contribution >= 0.6 is 0 Å². The van der Waals surface area contributed by atoms with E-state index in [0.717, 1.165) is 23.1 Å². The highest BCUT2D eigenvalue weighted by Gasteiger charge is 2.31. The number of aromatic nitrogens is 2. The summed E-state index contributed by atoms with van der Waals surface area (Å²) in [6.07, 6.45) is 1.74. The Morgan fingerprint density at radius 1 is 0.902 bits per heavy atom. The van der Waals surface area contributed by atoms with Crippen LogP contribution in [0.3, 0.4) is 0 Å². The van der Waals surface area contributed by atoms with Crippen LogP contribution in [0.15, 0.2) is 81.3 Å². The molecule has 216 valence electrons. The Hall–Kier alpha value is -4.15. The van der Waals surface area contributed by atoms with Crippen molar-refractivity contribution in [3.8, 4) is 34.2 Å². The van der Waals surface area contributed by atoms with Gasteiger partial charge in [0.15, 0.2) is 4.90 Å². The molecule has 2 N–H and O–H groups in total. The van der Waals surface area contributed by atoms with Gasteiger partial charge < -0.3 is 19.7 Å². The molecule has 0 bridgehead atoms. The molecule has 0 aliphatic carbocycles. The van der Waals surface area contributed by atoms with E-state index < -0.39 is 31.8 Å². The zero-order valence-electron chi connectivity index (χ0n) is 23.7. The van der Waals surface area contributed by atoms with Crippen LogP contribution in [0.5, 0.6) is 17.4 Å². The third-order valence-electron chi connectivity index (χ3n) is 6.84. The van der Waals surface area contributed by atoms with E-state index in [-0.39, 0.29) is 16.4 Å². The molecular formula is C31H34N2O7S. The van der Waals surface area contributed by atoms with Crippen LogP contribution in [0.2, 0.25) is 0 Å². The number of aliphatic hydroxyl groups is 1. The summed E-state index contributed by atoms with van der Waals surface area (Å²) in [5.74, 6) is 0.00319. The fraction of sp³-hybridized carbons (Fsp3) is 0.290. The molecule has 0 atom stereocenters. The highest BCUT2D eigenvalue weighted by Crippen LogP contribution is 2.38. The second kappa shape index (κ2) is 11.8. The van der Waals surface area contributed by atoms with Crippen molar-refractivity contribution in [2.45, 2.75) is 55.4 Å². The Balaban J connectivity index is 1.85. The Bertz CT molecular complexity index is 1680. The van der Waals surface area contributed by atoms with Crippen LogP contribution in [0.4, 0.5) is 0 Å². The molecule has 0 spiro atoms. The molecule has 1 heterocycles. The highest BCUT2D eigenvalue weighted by atomic mass is 32.2. The molecule has 4 rings (SSSR count). The summed E-state index contributed by atoms with van der Waals surface area (Å²) in [5, 5.41) is 21.7. The van der Waals surface area contributed by atoms with Gasteiger partial charge in [0, 0.05) is 6.42 Å². The largest absolute Gasteiger partial charge is 0.494 e. The molecule has 1 aromatic heterocycles. The number of benzene rings is 3. The van der Waals surface area contributed by atoms with Gasteiger partial charge in [-0.3, -0.25) is 9.36 Å². The van der Waals surface area contributed by atoms with Gasteiger partial charge in [-0.1, -0.05) is 55.8 Å². The average molecular weight is 579 g/mol. The van der Waals surface area contributed by atoms with Crippen molar-refractivity contribution in [2.24, 2.45) is 0 Å². The number of unbranched alkanes of at least 4 members (excludes halogenated alkanes) is 1. The minimum atomic E-state index is -4.49. The summed E-state index contributed by atoms with van der Waals surface area (Å²) in [6, 6.07) is 18.2. The normalized spacial score (nSPS) is 11.9. The first kappa shape index (κ1) is 29.8. The number of rotatable bonds is 10. The Labute approximate surface area is 239 Å². The molecule has 0 unspecified atom stereocenters. The van der Waals surface area contributed by atoms with E-state index in [2.05, 4.69) is 4.98 Å². The summed E-state index contributed by atoms with van der Waals surface area (Å²) in [6.45, 7) is 5.36. The standard InChI is InChI=1S/C31H34N2O7S/c1-6-7-11-26-32-29(34)28(30(35)33(26)27-24(39-4)9-8-10-25(27)40-5)41(37,38)23-18-14-21(15-19-23)20-12-16-22(17-13-20)31(2,3)36/h8-10,12-19,35-36H,6-7,11H2,1-5H3. The minimum absolute atomic E-state index is 0.177. The van der Waals surface area contributed by atoms with Gasteiger partial charge in [-0.05, 0) is 61.2 Å². The summed E-state index contributed by atoms with van der Waals surface area (Å²) in [7, 11) is -1.61. The molecule has 9 nitrogen and oxygen atoms in total. The average Bonchev–Trinajstić information content (AvgIpc) is 2.95. The van der Waals surface area contributed by atoms with Crippen molar-refractivity contribution in [1.29, 1.82) is 0 Å². The second-order valence-electron chi connectivity index (χ2n) is 10.1. The van der Waals surface area contributed by atoms with E-state index in [1.54, 1.807) is 56.3 Å². The fourth-order valence-electron chi connectivity index (χ4n) is 4.58. The van der Waals surface area contributed by atoms with Gasteiger partial charge in [0.05, 0.1) is 24.7 Å². The van der Waals surface area contributed by atoms with E-state index in [1.165, 1.54) is 30.9 Å². The van der Waals surface area contributed by atoms with Crippen molar-refractivity contribution in [3.05, 3.63) is 88.5 Å². The van der Waals surface area contributed by atoms with E-state index in [9.17, 15) is 23.4 Å². The molecule has 0 amide bonds. The minimum Gasteiger partial charge on any atom is -0.494 e. The van der Waals surface area contributed by atoms with Crippen LogP contribution in [-0.2, 0) is 21.9 Å². The van der Waals surface area contributed by atoms with Crippen molar-refractivity contribution in [1.82, 2.24) is 9.55 Å². The molecule has 0 saturated carbocycles. The van der Waals surface area contributed by atoms with Gasteiger partial charge in [-0.15, -0.1) is 0 Å². The zero-order valence-corrected chi connectivity index (χ0v) is 24.5. The number of hydrogen-bond acceptors (Lipinski definition) is 8. The van der Waals surface area contributed by atoms with Crippen LogP contribution < -0.4 is 15.0 Å². The van der Waals surface area contributed by atoms with E-state index in [0.29, 0.717) is 24.3 Å². The number of sulfone groups is 1. The number of nitrogens with zero attached hydrogens (tertiary/aromatic N) is 2. The third kappa shape index (κ3) is 5.84. The smallest absolute Gasteiger partial charge is 0.296 e. The van der Waals surface area contributed by atoms with Crippen LogP contribution in [0, 0.1) is 0 Å².